The summed E-state index contributed by atoms with van der Waals surface area (Å²) < 4.78 is 10.3. The lowest BCUT2D eigenvalue weighted by atomic mass is 10.1. The SMILES string of the molecule is COc1ccc(-c2ccc(N3C[C@H](CNC(C)=O)OC3=O)cc2)cn1. The zero-order chi connectivity index (χ0) is 17.8. The van der Waals surface area contributed by atoms with Gasteiger partial charge in [0, 0.05) is 30.4 Å². The van der Waals surface area contributed by atoms with Crippen LogP contribution in [0.5, 0.6) is 5.88 Å². The Kier molecular flexibility index (Phi) is 4.83. The lowest BCUT2D eigenvalue weighted by molar-refractivity contribution is -0.119. The third-order valence-corrected chi connectivity index (χ3v) is 3.91. The number of rotatable bonds is 5. The summed E-state index contributed by atoms with van der Waals surface area (Å²) in [6.07, 6.45) is 0.984. The van der Waals surface area contributed by atoms with Gasteiger partial charge in [-0.3, -0.25) is 9.69 Å². The van der Waals surface area contributed by atoms with Crippen LogP contribution in [0.3, 0.4) is 0 Å². The Balaban J connectivity index is 1.69. The fraction of sp³-hybridized carbons (Fsp3) is 0.278. The van der Waals surface area contributed by atoms with Crippen LogP contribution in [0, 0.1) is 0 Å². The molecule has 2 heterocycles. The Morgan fingerprint density at radius 2 is 2.00 bits per heavy atom. The first kappa shape index (κ1) is 16.8. The molecule has 130 valence electrons. The van der Waals surface area contributed by atoms with E-state index < -0.39 is 6.09 Å². The molecule has 1 aliphatic heterocycles. The summed E-state index contributed by atoms with van der Waals surface area (Å²) in [5.74, 6) is 0.414. The summed E-state index contributed by atoms with van der Waals surface area (Å²) in [5, 5.41) is 2.66. The van der Waals surface area contributed by atoms with Gasteiger partial charge in [0.05, 0.1) is 20.2 Å². The molecule has 2 amide bonds. The number of ether oxygens (including phenoxy) is 2. The highest BCUT2D eigenvalue weighted by Gasteiger charge is 2.32. The molecule has 1 aromatic carbocycles. The highest BCUT2D eigenvalue weighted by Crippen LogP contribution is 2.26. The van der Waals surface area contributed by atoms with Crippen LogP contribution in [0.15, 0.2) is 42.6 Å². The first-order valence-electron chi connectivity index (χ1n) is 7.90. The van der Waals surface area contributed by atoms with E-state index in [1.165, 1.54) is 6.92 Å². The van der Waals surface area contributed by atoms with E-state index in [-0.39, 0.29) is 12.0 Å². The number of pyridine rings is 1. The highest BCUT2D eigenvalue weighted by atomic mass is 16.6. The number of anilines is 1. The van der Waals surface area contributed by atoms with Gasteiger partial charge in [-0.25, -0.2) is 9.78 Å². The number of methoxy groups -OCH3 is 1. The average Bonchev–Trinajstić information content (AvgIpc) is 3.01. The summed E-state index contributed by atoms with van der Waals surface area (Å²) >= 11 is 0. The minimum absolute atomic E-state index is 0.146. The molecule has 0 aliphatic carbocycles. The van der Waals surface area contributed by atoms with Crippen molar-refractivity contribution in [2.45, 2.75) is 13.0 Å². The van der Waals surface area contributed by atoms with Crippen molar-refractivity contribution in [2.24, 2.45) is 0 Å². The zero-order valence-corrected chi connectivity index (χ0v) is 14.1. The van der Waals surface area contributed by atoms with Crippen LogP contribution in [-0.2, 0) is 9.53 Å². The van der Waals surface area contributed by atoms with Crippen molar-refractivity contribution in [1.29, 1.82) is 0 Å². The Morgan fingerprint density at radius 1 is 1.28 bits per heavy atom. The molecule has 1 saturated heterocycles. The van der Waals surface area contributed by atoms with Gasteiger partial charge in [-0.05, 0) is 23.8 Å². The van der Waals surface area contributed by atoms with Crippen molar-refractivity contribution in [3.63, 3.8) is 0 Å². The quantitative estimate of drug-likeness (QED) is 0.902. The van der Waals surface area contributed by atoms with E-state index in [1.54, 1.807) is 24.3 Å². The Labute approximate surface area is 145 Å². The van der Waals surface area contributed by atoms with Crippen LogP contribution >= 0.6 is 0 Å². The summed E-state index contributed by atoms with van der Waals surface area (Å²) in [4.78, 5) is 28.7. The molecule has 1 N–H and O–H groups in total. The van der Waals surface area contributed by atoms with Crippen molar-refractivity contribution in [1.82, 2.24) is 10.3 Å². The Bertz CT molecular complexity index is 759. The first-order chi connectivity index (χ1) is 12.1. The minimum Gasteiger partial charge on any atom is -0.481 e. The third-order valence-electron chi connectivity index (χ3n) is 3.91. The predicted molar refractivity (Wildman–Crippen MR) is 92.5 cm³/mol. The topological polar surface area (TPSA) is 80.8 Å². The number of hydrogen-bond donors (Lipinski definition) is 1. The van der Waals surface area contributed by atoms with Gasteiger partial charge in [-0.2, -0.15) is 0 Å². The number of carbonyl (C=O) groups is 2. The molecule has 1 fully saturated rings. The lowest BCUT2D eigenvalue weighted by Gasteiger charge is -2.13. The van der Waals surface area contributed by atoms with Gasteiger partial charge in [-0.15, -0.1) is 0 Å². The normalized spacial score (nSPS) is 16.5. The van der Waals surface area contributed by atoms with E-state index in [0.717, 1.165) is 16.8 Å². The van der Waals surface area contributed by atoms with Crippen molar-refractivity contribution >= 4 is 17.7 Å². The maximum Gasteiger partial charge on any atom is 0.414 e. The molecule has 7 nitrogen and oxygen atoms in total. The second kappa shape index (κ2) is 7.21. The van der Waals surface area contributed by atoms with Crippen molar-refractivity contribution < 1.29 is 19.1 Å². The maximum absolute atomic E-state index is 12.0. The molecule has 0 unspecified atom stereocenters. The van der Waals surface area contributed by atoms with Crippen LogP contribution in [0.2, 0.25) is 0 Å². The van der Waals surface area contributed by atoms with Gasteiger partial charge >= 0.3 is 6.09 Å². The number of amides is 2. The third kappa shape index (κ3) is 3.88. The van der Waals surface area contributed by atoms with Gasteiger partial charge < -0.3 is 14.8 Å². The number of carbonyl (C=O) groups excluding carboxylic acids is 2. The molecule has 3 rings (SSSR count). The van der Waals surface area contributed by atoms with E-state index in [0.29, 0.717) is 19.0 Å². The smallest absolute Gasteiger partial charge is 0.414 e. The molecular formula is C18H19N3O4. The fourth-order valence-electron chi connectivity index (χ4n) is 2.60. The largest absolute Gasteiger partial charge is 0.481 e. The Morgan fingerprint density at radius 3 is 2.60 bits per heavy atom. The Hall–Kier alpha value is -3.09. The minimum atomic E-state index is -0.408. The second-order valence-electron chi connectivity index (χ2n) is 5.69. The molecule has 1 atom stereocenters. The predicted octanol–water partition coefficient (Wildman–Crippen LogP) is 2.22. The van der Waals surface area contributed by atoms with E-state index in [1.807, 2.05) is 30.3 Å². The van der Waals surface area contributed by atoms with E-state index >= 15 is 0 Å². The number of aromatic nitrogens is 1. The molecule has 1 aliphatic rings. The molecule has 0 bridgehead atoms. The van der Waals surface area contributed by atoms with Crippen LogP contribution in [0.1, 0.15) is 6.92 Å². The number of nitrogens with one attached hydrogen (secondary N) is 1. The van der Waals surface area contributed by atoms with E-state index in [4.69, 9.17) is 9.47 Å². The van der Waals surface area contributed by atoms with Crippen LogP contribution in [-0.4, -0.2) is 43.3 Å². The molecule has 2 aromatic rings. The number of benzene rings is 1. The maximum atomic E-state index is 12.0. The average molecular weight is 341 g/mol. The fourth-order valence-corrected chi connectivity index (χ4v) is 2.60. The number of cyclic esters (lactones) is 1. The highest BCUT2D eigenvalue weighted by molar-refractivity contribution is 5.90. The van der Waals surface area contributed by atoms with Crippen molar-refractivity contribution in [3.05, 3.63) is 42.6 Å². The molecule has 1 aromatic heterocycles. The monoisotopic (exact) mass is 341 g/mol. The molecule has 7 heteroatoms. The molecular weight excluding hydrogens is 322 g/mol. The zero-order valence-electron chi connectivity index (χ0n) is 14.1. The van der Waals surface area contributed by atoms with Crippen LogP contribution in [0.25, 0.3) is 11.1 Å². The van der Waals surface area contributed by atoms with E-state index in [2.05, 4.69) is 10.3 Å². The molecule has 0 spiro atoms. The number of hydrogen-bond acceptors (Lipinski definition) is 5. The van der Waals surface area contributed by atoms with Gasteiger partial charge in [-0.1, -0.05) is 12.1 Å². The lowest BCUT2D eigenvalue weighted by Crippen LogP contribution is -2.33. The molecule has 0 saturated carbocycles. The second-order valence-corrected chi connectivity index (χ2v) is 5.69. The summed E-state index contributed by atoms with van der Waals surface area (Å²) in [5.41, 5.74) is 2.70. The number of nitrogens with zero attached hydrogens (tertiary/aromatic N) is 2. The van der Waals surface area contributed by atoms with Crippen molar-refractivity contribution in [2.75, 3.05) is 25.1 Å². The van der Waals surface area contributed by atoms with Gasteiger partial charge in [0.2, 0.25) is 11.8 Å². The standard InChI is InChI=1S/C18H19N3O4/c1-12(22)19-10-16-11-21(18(23)25-16)15-6-3-13(4-7-15)14-5-8-17(24-2)20-9-14/h3-9,16H,10-11H2,1-2H3,(H,19,22)/t16-/m0/s1. The first-order valence-corrected chi connectivity index (χ1v) is 7.90. The molecule has 25 heavy (non-hydrogen) atoms. The van der Waals surface area contributed by atoms with Gasteiger partial charge in [0.15, 0.2) is 0 Å². The van der Waals surface area contributed by atoms with E-state index in [9.17, 15) is 9.59 Å². The van der Waals surface area contributed by atoms with Gasteiger partial charge in [0.1, 0.15) is 6.10 Å². The summed E-state index contributed by atoms with van der Waals surface area (Å²) in [6.45, 7) is 2.15. The van der Waals surface area contributed by atoms with Crippen molar-refractivity contribution in [3.8, 4) is 17.0 Å². The van der Waals surface area contributed by atoms with Crippen LogP contribution < -0.4 is 15.0 Å². The summed E-state index contributed by atoms with van der Waals surface area (Å²) in [7, 11) is 1.57. The van der Waals surface area contributed by atoms with Crippen LogP contribution in [0.4, 0.5) is 10.5 Å². The molecule has 0 radical (unpaired) electrons. The summed E-state index contributed by atoms with van der Waals surface area (Å²) in [6, 6.07) is 11.3. The van der Waals surface area contributed by atoms with Gasteiger partial charge in [0.25, 0.3) is 0 Å².